The van der Waals surface area contributed by atoms with Crippen LogP contribution in [0.1, 0.15) is 11.1 Å². The Kier molecular flexibility index (Phi) is 7.78. The minimum absolute atomic E-state index is 0.264. The number of ether oxygens (including phenoxy) is 1. The third kappa shape index (κ3) is 6.84. The Hall–Kier alpha value is -2.94. The first-order valence-corrected chi connectivity index (χ1v) is 9.89. The van der Waals surface area contributed by atoms with E-state index in [1.807, 2.05) is 12.1 Å². The summed E-state index contributed by atoms with van der Waals surface area (Å²) < 4.78 is 29.5. The number of halogens is 2. The van der Waals surface area contributed by atoms with Crippen LogP contribution in [0.25, 0.3) is 0 Å². The van der Waals surface area contributed by atoms with Gasteiger partial charge < -0.3 is 25.2 Å². The summed E-state index contributed by atoms with van der Waals surface area (Å²) in [6.45, 7) is 3.86. The second kappa shape index (κ2) is 10.7. The lowest BCUT2D eigenvalue weighted by molar-refractivity contribution is 0.0818. The molecule has 0 saturated carbocycles. The van der Waals surface area contributed by atoms with E-state index in [2.05, 4.69) is 32.5 Å². The normalized spacial score (nSPS) is 14.6. The molecule has 30 heavy (non-hydrogen) atoms. The van der Waals surface area contributed by atoms with Crippen molar-refractivity contribution < 1.29 is 18.3 Å². The number of aromatic nitrogens is 1. The van der Waals surface area contributed by atoms with Crippen molar-refractivity contribution in [1.82, 2.24) is 20.5 Å². The van der Waals surface area contributed by atoms with E-state index in [4.69, 9.17) is 4.74 Å². The van der Waals surface area contributed by atoms with Crippen LogP contribution in [0.2, 0.25) is 0 Å². The van der Waals surface area contributed by atoms with Crippen molar-refractivity contribution in [2.24, 2.45) is 0 Å². The summed E-state index contributed by atoms with van der Waals surface area (Å²) in [5.74, 6) is 1.27. The molecule has 9 heteroatoms. The van der Waals surface area contributed by atoms with Crippen LogP contribution >= 0.6 is 0 Å². The summed E-state index contributed by atoms with van der Waals surface area (Å²) in [7, 11) is 2.11. The predicted octanol–water partition coefficient (Wildman–Crippen LogP) is 2.48. The molecular formula is C21H27F2N5O2. The van der Waals surface area contributed by atoms with Crippen LogP contribution in [-0.4, -0.2) is 62.2 Å². The first-order valence-electron chi connectivity index (χ1n) is 9.89. The fourth-order valence-electron chi connectivity index (χ4n) is 3.11. The van der Waals surface area contributed by atoms with E-state index in [9.17, 15) is 13.6 Å². The first-order chi connectivity index (χ1) is 14.5. The Balaban J connectivity index is 1.45. The molecule has 1 aromatic heterocycles. The zero-order valence-corrected chi connectivity index (χ0v) is 17.0. The smallest absolute Gasteiger partial charge is 0.315 e. The molecule has 1 fully saturated rings. The maximum Gasteiger partial charge on any atom is 0.315 e. The van der Waals surface area contributed by atoms with E-state index in [1.165, 1.54) is 0 Å². The quantitative estimate of drug-likeness (QED) is 0.688. The van der Waals surface area contributed by atoms with E-state index in [0.717, 1.165) is 43.1 Å². The Labute approximate surface area is 175 Å². The van der Waals surface area contributed by atoms with Crippen molar-refractivity contribution >= 4 is 11.8 Å². The number of carbonyl (C=O) groups is 1. The Morgan fingerprint density at radius 1 is 1.10 bits per heavy atom. The summed E-state index contributed by atoms with van der Waals surface area (Å²) >= 11 is 0. The average Bonchev–Trinajstić information content (AvgIpc) is 2.76. The second-order valence-electron chi connectivity index (χ2n) is 7.20. The topological polar surface area (TPSA) is 69.7 Å². The molecule has 1 saturated heterocycles. The van der Waals surface area contributed by atoms with Gasteiger partial charge in [-0.3, -0.25) is 0 Å². The number of hydrogen-bond acceptors (Lipinski definition) is 5. The van der Waals surface area contributed by atoms with Crippen molar-refractivity contribution in [3.05, 3.63) is 53.7 Å². The highest BCUT2D eigenvalue weighted by atomic mass is 19.3. The fraction of sp³-hybridized carbons (Fsp3) is 0.429. The third-order valence-corrected chi connectivity index (χ3v) is 4.82. The highest BCUT2D eigenvalue weighted by molar-refractivity contribution is 5.73. The highest BCUT2D eigenvalue weighted by Gasteiger charge is 2.15. The van der Waals surface area contributed by atoms with Crippen LogP contribution < -0.4 is 20.3 Å². The minimum atomic E-state index is -2.53. The Bertz CT molecular complexity index is 829. The number of rotatable bonds is 8. The molecule has 3 rings (SSSR count). The fourth-order valence-corrected chi connectivity index (χ4v) is 3.11. The maximum absolute atomic E-state index is 12.2. The van der Waals surface area contributed by atoms with Crippen LogP contribution in [-0.2, 0) is 13.1 Å². The first kappa shape index (κ1) is 21.8. The number of amides is 2. The average molecular weight is 419 g/mol. The monoisotopic (exact) mass is 419 g/mol. The predicted molar refractivity (Wildman–Crippen MR) is 111 cm³/mol. The maximum atomic E-state index is 12.2. The molecule has 0 radical (unpaired) electrons. The highest BCUT2D eigenvalue weighted by Crippen LogP contribution is 2.15. The molecule has 7 nitrogen and oxygen atoms in total. The van der Waals surface area contributed by atoms with E-state index >= 15 is 0 Å². The van der Waals surface area contributed by atoms with Gasteiger partial charge in [0.05, 0.1) is 0 Å². The van der Waals surface area contributed by atoms with Crippen molar-refractivity contribution in [3.63, 3.8) is 0 Å². The van der Waals surface area contributed by atoms with Gasteiger partial charge in [-0.2, -0.15) is 0 Å². The molecule has 162 valence electrons. The number of benzene rings is 1. The van der Waals surface area contributed by atoms with Gasteiger partial charge in [0, 0.05) is 45.5 Å². The van der Waals surface area contributed by atoms with E-state index in [1.54, 1.807) is 30.5 Å². The van der Waals surface area contributed by atoms with Gasteiger partial charge in [-0.05, 0) is 42.4 Å². The van der Waals surface area contributed by atoms with Crippen LogP contribution in [0.4, 0.5) is 19.4 Å². The third-order valence-electron chi connectivity index (χ3n) is 4.82. The number of piperazine rings is 1. The van der Waals surface area contributed by atoms with E-state index in [0.29, 0.717) is 12.3 Å². The van der Waals surface area contributed by atoms with Gasteiger partial charge >= 0.3 is 6.03 Å². The number of urea groups is 1. The summed E-state index contributed by atoms with van der Waals surface area (Å²) in [5.41, 5.74) is 1.73. The molecule has 2 aromatic rings. The van der Waals surface area contributed by atoms with Gasteiger partial charge in [-0.25, -0.2) is 18.6 Å². The Morgan fingerprint density at radius 3 is 2.50 bits per heavy atom. The van der Waals surface area contributed by atoms with Gasteiger partial charge in [-0.1, -0.05) is 12.1 Å². The SMILES string of the molecule is CN1CCN(c2cc(CNC(=O)NCc3cccc(OCC(F)F)c3)ccn2)CC1. The lowest BCUT2D eigenvalue weighted by Crippen LogP contribution is -2.44. The van der Waals surface area contributed by atoms with Gasteiger partial charge in [-0.15, -0.1) is 0 Å². The summed E-state index contributed by atoms with van der Waals surface area (Å²) in [5, 5.41) is 5.58. The van der Waals surface area contributed by atoms with E-state index in [-0.39, 0.29) is 12.6 Å². The summed E-state index contributed by atoms with van der Waals surface area (Å²) in [6, 6.07) is 10.3. The molecule has 0 unspecified atom stereocenters. The zero-order chi connectivity index (χ0) is 21.3. The molecule has 0 aliphatic carbocycles. The van der Waals surface area contributed by atoms with Crippen molar-refractivity contribution in [3.8, 4) is 5.75 Å². The van der Waals surface area contributed by atoms with Gasteiger partial charge in [0.2, 0.25) is 0 Å². The number of pyridine rings is 1. The number of alkyl halides is 2. The lowest BCUT2D eigenvalue weighted by atomic mass is 10.2. The number of nitrogens with zero attached hydrogens (tertiary/aromatic N) is 3. The number of likely N-dealkylation sites (N-methyl/N-ethyl adjacent to an activating group) is 1. The molecule has 2 amide bonds. The zero-order valence-electron chi connectivity index (χ0n) is 17.0. The molecule has 1 aliphatic heterocycles. The van der Waals surface area contributed by atoms with Crippen LogP contribution in [0, 0.1) is 0 Å². The minimum Gasteiger partial charge on any atom is -0.488 e. The van der Waals surface area contributed by atoms with Gasteiger partial charge in [0.1, 0.15) is 18.2 Å². The standard InChI is InChI=1S/C21H27F2N5O2/c1-27-7-9-28(10-8-27)20-12-17(5-6-24-20)14-26-21(29)25-13-16-3-2-4-18(11-16)30-15-19(22)23/h2-6,11-12,19H,7-10,13-15H2,1H3,(H2,25,26,29). The van der Waals surface area contributed by atoms with Gasteiger partial charge in [0.15, 0.2) is 0 Å². The number of hydrogen-bond donors (Lipinski definition) is 2. The van der Waals surface area contributed by atoms with Crippen LogP contribution in [0.3, 0.4) is 0 Å². The number of carbonyl (C=O) groups excluding carboxylic acids is 1. The van der Waals surface area contributed by atoms with E-state index < -0.39 is 13.0 Å². The van der Waals surface area contributed by atoms with Crippen LogP contribution in [0.15, 0.2) is 42.6 Å². The molecular weight excluding hydrogens is 392 g/mol. The van der Waals surface area contributed by atoms with Gasteiger partial charge in [0.25, 0.3) is 6.43 Å². The van der Waals surface area contributed by atoms with Crippen molar-refractivity contribution in [2.45, 2.75) is 19.5 Å². The largest absolute Gasteiger partial charge is 0.488 e. The Morgan fingerprint density at radius 2 is 1.80 bits per heavy atom. The molecule has 0 bridgehead atoms. The lowest BCUT2D eigenvalue weighted by Gasteiger charge is -2.33. The molecule has 1 aliphatic rings. The summed E-state index contributed by atoms with van der Waals surface area (Å²) in [4.78, 5) is 21.1. The molecule has 0 atom stereocenters. The molecule has 0 spiro atoms. The molecule has 2 N–H and O–H groups in total. The number of nitrogens with one attached hydrogen (secondary N) is 2. The molecule has 1 aromatic carbocycles. The summed E-state index contributed by atoms with van der Waals surface area (Å²) in [6.07, 6.45) is -0.768. The van der Waals surface area contributed by atoms with Crippen LogP contribution in [0.5, 0.6) is 5.75 Å². The second-order valence-corrected chi connectivity index (χ2v) is 7.20. The number of anilines is 1. The van der Waals surface area contributed by atoms with Crippen molar-refractivity contribution in [1.29, 1.82) is 0 Å². The van der Waals surface area contributed by atoms with Crippen molar-refractivity contribution in [2.75, 3.05) is 44.7 Å². The molecule has 2 heterocycles.